The topological polar surface area (TPSA) is 49.4 Å². The Hall–Kier alpha value is -2.35. The summed E-state index contributed by atoms with van der Waals surface area (Å²) in [5.74, 6) is -5.20. The average molecular weight is 356 g/mol. The first-order chi connectivity index (χ1) is 11.4. The molecule has 0 spiro atoms. The summed E-state index contributed by atoms with van der Waals surface area (Å²) in [6, 6.07) is 5.39. The molecule has 8 heteroatoms. The number of rotatable bonds is 6. The van der Waals surface area contributed by atoms with Gasteiger partial charge < -0.3 is 10.2 Å². The summed E-state index contributed by atoms with van der Waals surface area (Å²) in [6.07, 6.45) is 0.206. The zero-order chi connectivity index (χ0) is 17.7. The number of nitrogens with one attached hydrogen (secondary N) is 1. The van der Waals surface area contributed by atoms with Crippen LogP contribution in [0.25, 0.3) is 0 Å². The van der Waals surface area contributed by atoms with E-state index in [0.717, 1.165) is 21.9 Å². The monoisotopic (exact) mass is 356 g/mol. The zero-order valence-corrected chi connectivity index (χ0v) is 13.6. The van der Waals surface area contributed by atoms with E-state index in [9.17, 15) is 22.8 Å². The van der Waals surface area contributed by atoms with Crippen LogP contribution in [0, 0.1) is 17.5 Å². The standard InChI is InChI=1S/C16H15F3N2O2S/c1-10(22)21(13-5-4-12(17)15(18)16(13)19)7-6-20-14(23)9-11-3-2-8-24-11/h2-5,8H,6-7,9H2,1H3,(H,20,23). The summed E-state index contributed by atoms with van der Waals surface area (Å²) in [5, 5.41) is 4.46. The van der Waals surface area contributed by atoms with Crippen molar-refractivity contribution in [1.29, 1.82) is 0 Å². The summed E-state index contributed by atoms with van der Waals surface area (Å²) in [4.78, 5) is 25.3. The number of hydrogen-bond donors (Lipinski definition) is 1. The highest BCUT2D eigenvalue weighted by atomic mass is 32.1. The Balaban J connectivity index is 1.98. The molecule has 1 heterocycles. The number of benzene rings is 1. The van der Waals surface area contributed by atoms with E-state index in [4.69, 9.17) is 0 Å². The van der Waals surface area contributed by atoms with Gasteiger partial charge >= 0.3 is 0 Å². The van der Waals surface area contributed by atoms with Gasteiger partial charge in [-0.15, -0.1) is 11.3 Å². The Morgan fingerprint density at radius 3 is 2.54 bits per heavy atom. The number of carbonyl (C=O) groups excluding carboxylic acids is 2. The summed E-state index contributed by atoms with van der Waals surface area (Å²) in [6.45, 7) is 1.17. The molecule has 0 aliphatic carbocycles. The van der Waals surface area contributed by atoms with Crippen molar-refractivity contribution < 1.29 is 22.8 Å². The molecule has 1 aromatic carbocycles. The van der Waals surface area contributed by atoms with Gasteiger partial charge in [0.25, 0.3) is 0 Å². The first kappa shape index (κ1) is 18.0. The third kappa shape index (κ3) is 4.35. The molecule has 1 aromatic heterocycles. The van der Waals surface area contributed by atoms with Gasteiger partial charge in [-0.1, -0.05) is 6.07 Å². The Morgan fingerprint density at radius 1 is 1.17 bits per heavy atom. The molecule has 0 aliphatic rings. The van der Waals surface area contributed by atoms with E-state index in [1.165, 1.54) is 18.3 Å². The van der Waals surface area contributed by atoms with E-state index in [0.29, 0.717) is 0 Å². The highest BCUT2D eigenvalue weighted by Gasteiger charge is 2.21. The quantitative estimate of drug-likeness (QED) is 0.809. The van der Waals surface area contributed by atoms with Crippen LogP contribution in [0.2, 0.25) is 0 Å². The fraction of sp³-hybridized carbons (Fsp3) is 0.250. The molecule has 0 saturated carbocycles. The van der Waals surface area contributed by atoms with E-state index in [1.54, 1.807) is 0 Å². The molecule has 2 amide bonds. The van der Waals surface area contributed by atoms with Crippen molar-refractivity contribution >= 4 is 28.8 Å². The smallest absolute Gasteiger partial charge is 0.225 e. The number of halogens is 3. The molecule has 0 radical (unpaired) electrons. The minimum Gasteiger partial charge on any atom is -0.354 e. The van der Waals surface area contributed by atoms with Gasteiger partial charge in [0.2, 0.25) is 11.8 Å². The Morgan fingerprint density at radius 2 is 1.92 bits per heavy atom. The number of nitrogens with zero attached hydrogens (tertiary/aromatic N) is 1. The second-order valence-corrected chi connectivity index (χ2v) is 6.00. The first-order valence-electron chi connectivity index (χ1n) is 7.11. The number of amides is 2. The van der Waals surface area contributed by atoms with Crippen LogP contribution in [0.4, 0.5) is 18.9 Å². The lowest BCUT2D eigenvalue weighted by atomic mass is 10.2. The SMILES string of the molecule is CC(=O)N(CCNC(=O)Cc1cccs1)c1ccc(F)c(F)c1F. The minimum absolute atomic E-state index is 0.0578. The molecule has 24 heavy (non-hydrogen) atoms. The van der Waals surface area contributed by atoms with E-state index < -0.39 is 23.4 Å². The van der Waals surface area contributed by atoms with Crippen LogP contribution in [-0.4, -0.2) is 24.9 Å². The van der Waals surface area contributed by atoms with Crippen molar-refractivity contribution in [2.45, 2.75) is 13.3 Å². The van der Waals surface area contributed by atoms with Crippen LogP contribution < -0.4 is 10.2 Å². The number of thiophene rings is 1. The molecule has 0 atom stereocenters. The second kappa shape index (κ2) is 7.96. The summed E-state index contributed by atoms with van der Waals surface area (Å²) in [7, 11) is 0. The van der Waals surface area contributed by atoms with Crippen molar-refractivity contribution in [3.8, 4) is 0 Å². The highest BCUT2D eigenvalue weighted by molar-refractivity contribution is 7.10. The third-order valence-corrected chi connectivity index (χ3v) is 4.13. The fourth-order valence-electron chi connectivity index (χ4n) is 2.11. The van der Waals surface area contributed by atoms with Crippen molar-refractivity contribution in [3.63, 3.8) is 0 Å². The molecule has 2 aromatic rings. The highest BCUT2D eigenvalue weighted by Crippen LogP contribution is 2.23. The van der Waals surface area contributed by atoms with Gasteiger partial charge in [0.15, 0.2) is 17.5 Å². The van der Waals surface area contributed by atoms with Crippen LogP contribution in [0.5, 0.6) is 0 Å². The van der Waals surface area contributed by atoms with Crippen molar-refractivity contribution in [1.82, 2.24) is 5.32 Å². The fourth-order valence-corrected chi connectivity index (χ4v) is 2.82. The predicted octanol–water partition coefficient (Wildman–Crippen LogP) is 2.88. The Kier molecular flexibility index (Phi) is 5.97. The molecule has 4 nitrogen and oxygen atoms in total. The van der Waals surface area contributed by atoms with Gasteiger partial charge in [-0.05, 0) is 23.6 Å². The van der Waals surface area contributed by atoms with Gasteiger partial charge in [0.05, 0.1) is 12.1 Å². The van der Waals surface area contributed by atoms with E-state index in [1.807, 2.05) is 17.5 Å². The molecule has 0 fully saturated rings. The van der Waals surface area contributed by atoms with E-state index in [-0.39, 0.29) is 31.1 Å². The molecule has 128 valence electrons. The lowest BCUT2D eigenvalue weighted by Gasteiger charge is -2.22. The maximum Gasteiger partial charge on any atom is 0.225 e. The number of anilines is 1. The van der Waals surface area contributed by atoms with Gasteiger partial charge in [0.1, 0.15) is 0 Å². The van der Waals surface area contributed by atoms with Crippen LogP contribution in [0.3, 0.4) is 0 Å². The minimum atomic E-state index is -1.64. The summed E-state index contributed by atoms with van der Waals surface area (Å²) in [5.41, 5.74) is -0.367. The molecule has 0 unspecified atom stereocenters. The molecule has 0 aliphatic heterocycles. The largest absolute Gasteiger partial charge is 0.354 e. The Labute approximate surface area is 140 Å². The lowest BCUT2D eigenvalue weighted by Crippen LogP contribution is -2.38. The van der Waals surface area contributed by atoms with E-state index in [2.05, 4.69) is 5.32 Å². The maximum absolute atomic E-state index is 13.8. The van der Waals surface area contributed by atoms with E-state index >= 15 is 0 Å². The number of carbonyl (C=O) groups is 2. The van der Waals surface area contributed by atoms with Gasteiger partial charge in [-0.2, -0.15) is 0 Å². The average Bonchev–Trinajstić information content (AvgIpc) is 3.03. The Bertz CT molecular complexity index is 735. The molecular weight excluding hydrogens is 341 g/mol. The lowest BCUT2D eigenvalue weighted by molar-refractivity contribution is -0.120. The molecule has 2 rings (SSSR count). The molecule has 0 bridgehead atoms. The zero-order valence-electron chi connectivity index (χ0n) is 12.8. The second-order valence-electron chi connectivity index (χ2n) is 4.97. The summed E-state index contributed by atoms with van der Waals surface area (Å²) >= 11 is 1.45. The van der Waals surface area contributed by atoms with Crippen molar-refractivity contribution in [3.05, 3.63) is 52.0 Å². The van der Waals surface area contributed by atoms with Crippen LogP contribution >= 0.6 is 11.3 Å². The van der Waals surface area contributed by atoms with Crippen LogP contribution in [-0.2, 0) is 16.0 Å². The van der Waals surface area contributed by atoms with Gasteiger partial charge in [-0.3, -0.25) is 9.59 Å². The van der Waals surface area contributed by atoms with Crippen molar-refractivity contribution in [2.24, 2.45) is 0 Å². The van der Waals surface area contributed by atoms with Gasteiger partial charge in [-0.25, -0.2) is 13.2 Å². The normalized spacial score (nSPS) is 10.5. The van der Waals surface area contributed by atoms with Crippen LogP contribution in [0.15, 0.2) is 29.6 Å². The van der Waals surface area contributed by atoms with Crippen LogP contribution in [0.1, 0.15) is 11.8 Å². The van der Waals surface area contributed by atoms with Crippen molar-refractivity contribution in [2.75, 3.05) is 18.0 Å². The third-order valence-electron chi connectivity index (χ3n) is 3.26. The summed E-state index contributed by atoms with van der Waals surface area (Å²) < 4.78 is 40.1. The molecule has 1 N–H and O–H groups in total. The number of hydrogen-bond acceptors (Lipinski definition) is 3. The molecule has 0 saturated heterocycles. The predicted molar refractivity (Wildman–Crippen MR) is 85.4 cm³/mol. The molecular formula is C16H15F3N2O2S. The first-order valence-corrected chi connectivity index (χ1v) is 7.98. The maximum atomic E-state index is 13.8. The van der Waals surface area contributed by atoms with Gasteiger partial charge in [0, 0.05) is 24.9 Å².